The van der Waals surface area contributed by atoms with Crippen molar-refractivity contribution in [1.82, 2.24) is 5.32 Å². The molecule has 1 fully saturated rings. The second-order valence-electron chi connectivity index (χ2n) is 7.06. The van der Waals surface area contributed by atoms with Crippen LogP contribution in [0.1, 0.15) is 36.0 Å². The van der Waals surface area contributed by atoms with Crippen LogP contribution >= 0.6 is 0 Å². The van der Waals surface area contributed by atoms with Gasteiger partial charge in [-0.15, -0.1) is 0 Å². The van der Waals surface area contributed by atoms with Crippen molar-refractivity contribution in [1.29, 1.82) is 0 Å². The van der Waals surface area contributed by atoms with Crippen LogP contribution in [0.25, 0.3) is 0 Å². The summed E-state index contributed by atoms with van der Waals surface area (Å²) in [4.78, 5) is 12.9. The highest BCUT2D eigenvalue weighted by atomic mass is 32.2. The molecule has 2 aromatic rings. The van der Waals surface area contributed by atoms with Gasteiger partial charge in [0.25, 0.3) is 0 Å². The van der Waals surface area contributed by atoms with E-state index in [1.165, 1.54) is 5.56 Å². The molecule has 5 nitrogen and oxygen atoms in total. The van der Waals surface area contributed by atoms with E-state index in [0.717, 1.165) is 36.6 Å². The lowest BCUT2D eigenvalue weighted by atomic mass is 9.63. The van der Waals surface area contributed by atoms with Gasteiger partial charge >= 0.3 is 0 Å². The second kappa shape index (κ2) is 7.11. The lowest BCUT2D eigenvalue weighted by Gasteiger charge is -2.40. The van der Waals surface area contributed by atoms with E-state index >= 15 is 0 Å². The Kier molecular flexibility index (Phi) is 5.05. The van der Waals surface area contributed by atoms with Crippen molar-refractivity contribution in [2.45, 2.75) is 38.1 Å². The fourth-order valence-electron chi connectivity index (χ4n) is 3.42. The molecule has 26 heavy (non-hydrogen) atoms. The molecule has 2 N–H and O–H groups in total. The molecule has 3 rings (SSSR count). The Morgan fingerprint density at radius 3 is 2.35 bits per heavy atom. The Morgan fingerprint density at radius 1 is 1.12 bits per heavy atom. The second-order valence-corrected chi connectivity index (χ2v) is 8.81. The molecule has 6 heteroatoms. The minimum absolute atomic E-state index is 0.0362. The first-order valence-corrected chi connectivity index (χ1v) is 10.6. The van der Waals surface area contributed by atoms with Gasteiger partial charge in [0, 0.05) is 12.2 Å². The van der Waals surface area contributed by atoms with E-state index in [1.807, 2.05) is 37.3 Å². The van der Waals surface area contributed by atoms with E-state index in [2.05, 4.69) is 16.1 Å². The summed E-state index contributed by atoms with van der Waals surface area (Å²) in [5.41, 5.74) is 3.19. The maximum atomic E-state index is 12.9. The third kappa shape index (κ3) is 4.07. The number of rotatable bonds is 6. The maximum absolute atomic E-state index is 12.9. The van der Waals surface area contributed by atoms with Gasteiger partial charge in [0.2, 0.25) is 15.9 Å². The third-order valence-corrected chi connectivity index (χ3v) is 5.52. The predicted octanol–water partition coefficient (Wildman–Crippen LogP) is 3.10. The lowest BCUT2D eigenvalue weighted by Crippen LogP contribution is -2.49. The first kappa shape index (κ1) is 18.5. The number of hydrogen-bond acceptors (Lipinski definition) is 3. The number of nitrogens with one attached hydrogen (secondary N) is 2. The Bertz CT molecular complexity index is 901. The summed E-state index contributed by atoms with van der Waals surface area (Å²) < 4.78 is 25.1. The van der Waals surface area contributed by atoms with Crippen molar-refractivity contribution in [3.05, 3.63) is 65.2 Å². The van der Waals surface area contributed by atoms with E-state index in [-0.39, 0.29) is 5.91 Å². The minimum Gasteiger partial charge on any atom is -0.351 e. The summed E-state index contributed by atoms with van der Waals surface area (Å²) in [6, 6.07) is 15.2. The quantitative estimate of drug-likeness (QED) is 0.818. The van der Waals surface area contributed by atoms with Gasteiger partial charge in [0.15, 0.2) is 0 Å². The normalized spacial score (nSPS) is 15.8. The van der Waals surface area contributed by atoms with Crippen molar-refractivity contribution in [2.75, 3.05) is 11.0 Å². The highest BCUT2D eigenvalue weighted by molar-refractivity contribution is 7.92. The summed E-state index contributed by atoms with van der Waals surface area (Å²) >= 11 is 0. The number of carbonyl (C=O) groups is 1. The number of carbonyl (C=O) groups excluding carboxylic acids is 1. The van der Waals surface area contributed by atoms with Gasteiger partial charge in [0.05, 0.1) is 11.7 Å². The smallest absolute Gasteiger partial charge is 0.230 e. The molecule has 0 aromatic heterocycles. The lowest BCUT2D eigenvalue weighted by molar-refractivity contribution is -0.130. The molecular weight excluding hydrogens is 348 g/mol. The molecule has 2 aromatic carbocycles. The monoisotopic (exact) mass is 372 g/mol. The number of benzene rings is 2. The number of aryl methyl sites for hydroxylation is 1. The molecule has 1 aliphatic carbocycles. The number of anilines is 1. The molecule has 0 saturated heterocycles. The number of hydrogen-bond donors (Lipinski definition) is 2. The minimum atomic E-state index is -3.31. The first-order chi connectivity index (χ1) is 12.3. The van der Waals surface area contributed by atoms with Crippen LogP contribution in [-0.2, 0) is 26.8 Å². The summed E-state index contributed by atoms with van der Waals surface area (Å²) in [6.45, 7) is 2.54. The van der Waals surface area contributed by atoms with Gasteiger partial charge < -0.3 is 5.32 Å². The molecule has 0 spiro atoms. The van der Waals surface area contributed by atoms with Crippen LogP contribution in [0, 0.1) is 6.92 Å². The fourth-order valence-corrected chi connectivity index (χ4v) is 3.99. The molecule has 1 aliphatic rings. The Labute approximate surface area is 154 Å². The van der Waals surface area contributed by atoms with E-state index < -0.39 is 15.4 Å². The van der Waals surface area contributed by atoms with Gasteiger partial charge in [-0.3, -0.25) is 9.52 Å². The molecule has 1 saturated carbocycles. The van der Waals surface area contributed by atoms with Gasteiger partial charge in [-0.1, -0.05) is 48.4 Å². The molecule has 0 radical (unpaired) electrons. The van der Waals surface area contributed by atoms with Gasteiger partial charge in [-0.25, -0.2) is 8.42 Å². The van der Waals surface area contributed by atoms with Crippen LogP contribution in [0.2, 0.25) is 0 Å². The molecule has 0 bridgehead atoms. The van der Waals surface area contributed by atoms with Crippen molar-refractivity contribution in [2.24, 2.45) is 0 Å². The van der Waals surface area contributed by atoms with Crippen molar-refractivity contribution in [3.8, 4) is 0 Å². The van der Waals surface area contributed by atoms with Crippen molar-refractivity contribution >= 4 is 21.6 Å². The fraction of sp³-hybridized carbons (Fsp3) is 0.350. The number of sulfonamides is 1. The van der Waals surface area contributed by atoms with Crippen LogP contribution < -0.4 is 10.0 Å². The molecule has 0 heterocycles. The Morgan fingerprint density at radius 2 is 1.81 bits per heavy atom. The molecule has 0 atom stereocenters. The van der Waals surface area contributed by atoms with E-state index in [9.17, 15) is 13.2 Å². The third-order valence-electron chi connectivity index (χ3n) is 4.92. The van der Waals surface area contributed by atoms with Crippen LogP contribution in [0.5, 0.6) is 0 Å². The average molecular weight is 372 g/mol. The van der Waals surface area contributed by atoms with Crippen LogP contribution in [-0.4, -0.2) is 20.6 Å². The summed E-state index contributed by atoms with van der Waals surface area (Å²) in [5.74, 6) is 0.0362. The van der Waals surface area contributed by atoms with Gasteiger partial charge in [-0.2, -0.15) is 0 Å². The zero-order chi connectivity index (χ0) is 18.8. The molecule has 0 aliphatic heterocycles. The predicted molar refractivity (Wildman–Crippen MR) is 103 cm³/mol. The van der Waals surface area contributed by atoms with E-state index in [4.69, 9.17) is 0 Å². The molecule has 138 valence electrons. The SMILES string of the molecule is Cc1cccc(CNC(=O)C2(c3ccc(NS(C)(=O)=O)cc3)CCC2)c1. The number of amides is 1. The zero-order valence-corrected chi connectivity index (χ0v) is 15.9. The first-order valence-electron chi connectivity index (χ1n) is 8.71. The highest BCUT2D eigenvalue weighted by Crippen LogP contribution is 2.44. The van der Waals surface area contributed by atoms with Crippen LogP contribution in [0.4, 0.5) is 5.69 Å². The average Bonchev–Trinajstić information content (AvgIpc) is 2.52. The van der Waals surface area contributed by atoms with Gasteiger partial charge in [0.1, 0.15) is 0 Å². The van der Waals surface area contributed by atoms with Crippen LogP contribution in [0.15, 0.2) is 48.5 Å². The maximum Gasteiger partial charge on any atom is 0.230 e. The van der Waals surface area contributed by atoms with Crippen molar-refractivity contribution in [3.63, 3.8) is 0 Å². The van der Waals surface area contributed by atoms with E-state index in [1.54, 1.807) is 12.1 Å². The molecular formula is C20H24N2O3S. The summed E-state index contributed by atoms with van der Waals surface area (Å²) in [6.07, 6.45) is 3.76. The highest BCUT2D eigenvalue weighted by Gasteiger charge is 2.45. The van der Waals surface area contributed by atoms with Crippen LogP contribution in [0.3, 0.4) is 0 Å². The Hall–Kier alpha value is -2.34. The van der Waals surface area contributed by atoms with Crippen molar-refractivity contribution < 1.29 is 13.2 Å². The summed E-state index contributed by atoms with van der Waals surface area (Å²) in [7, 11) is -3.31. The zero-order valence-electron chi connectivity index (χ0n) is 15.1. The summed E-state index contributed by atoms with van der Waals surface area (Å²) in [5, 5.41) is 3.07. The Balaban J connectivity index is 1.72. The van der Waals surface area contributed by atoms with Gasteiger partial charge in [-0.05, 0) is 43.0 Å². The standard InChI is InChI=1S/C20H24N2O3S/c1-15-5-3-6-16(13-15)14-21-19(23)20(11-4-12-20)17-7-9-18(10-8-17)22-26(2,24)25/h3,5-10,13,22H,4,11-12,14H2,1-2H3,(H,21,23). The molecule has 1 amide bonds. The molecule has 0 unspecified atom stereocenters. The largest absolute Gasteiger partial charge is 0.351 e. The van der Waals surface area contributed by atoms with E-state index in [0.29, 0.717) is 12.2 Å². The topological polar surface area (TPSA) is 75.3 Å².